The Bertz CT molecular complexity index is 208. The van der Waals surface area contributed by atoms with Gasteiger partial charge >= 0.3 is 0 Å². The van der Waals surface area contributed by atoms with E-state index in [-0.39, 0.29) is 25.6 Å². The Hall–Kier alpha value is -1.19. The topological polar surface area (TPSA) is 135 Å². The number of quaternary nitrogens is 1. The molecule has 0 heterocycles. The molecule has 0 aliphatic heterocycles. The first kappa shape index (κ1) is 19.2. The normalized spacial score (nSPS) is 9.61. The molecular weight excluding hydrogens is 246 g/mol. The Morgan fingerprint density at radius 3 is 1.67 bits per heavy atom. The molecule has 18 heavy (non-hydrogen) atoms. The molecule has 0 spiro atoms. The third kappa shape index (κ3) is 14.8. The van der Waals surface area contributed by atoms with Crippen LogP contribution in [-0.4, -0.2) is 66.0 Å². The van der Waals surface area contributed by atoms with Crippen LogP contribution in [0.2, 0.25) is 0 Å². The highest BCUT2D eigenvalue weighted by molar-refractivity contribution is 5.66. The molecular formula is C10H21NO7. The van der Waals surface area contributed by atoms with E-state index in [0.717, 1.165) is 4.90 Å². The zero-order valence-electron chi connectivity index (χ0n) is 10.2. The molecule has 0 radical (unpaired) electrons. The lowest BCUT2D eigenvalue weighted by Crippen LogP contribution is -3.13. The van der Waals surface area contributed by atoms with Crippen molar-refractivity contribution in [2.24, 2.45) is 0 Å². The minimum atomic E-state index is -1.33. The molecule has 0 rings (SSSR count). The van der Waals surface area contributed by atoms with Crippen LogP contribution in [0.3, 0.4) is 0 Å². The summed E-state index contributed by atoms with van der Waals surface area (Å²) >= 11 is 0. The average molecular weight is 267 g/mol. The molecule has 0 aromatic carbocycles. The van der Waals surface area contributed by atoms with Crippen LogP contribution in [0.25, 0.3) is 0 Å². The summed E-state index contributed by atoms with van der Waals surface area (Å²) in [5.41, 5.74) is 0. The van der Waals surface area contributed by atoms with Crippen molar-refractivity contribution in [1.29, 1.82) is 0 Å². The smallest absolute Gasteiger partial charge is 0.140 e. The predicted octanol–water partition coefficient (Wildman–Crippen LogP) is -4.02. The number of aliphatic carboxylic acids is 1. The summed E-state index contributed by atoms with van der Waals surface area (Å²) in [5, 5.41) is 42.8. The van der Waals surface area contributed by atoms with E-state index in [1.165, 1.54) is 0 Å². The number of hydrogen-bond donors (Lipinski definition) is 5. The van der Waals surface area contributed by atoms with Gasteiger partial charge in [-0.2, -0.15) is 0 Å². The summed E-state index contributed by atoms with van der Waals surface area (Å²) in [7, 11) is 0. The van der Waals surface area contributed by atoms with Crippen molar-refractivity contribution in [3.05, 3.63) is 12.3 Å². The first-order valence-electron chi connectivity index (χ1n) is 5.36. The van der Waals surface area contributed by atoms with Crippen molar-refractivity contribution in [2.45, 2.75) is 6.42 Å². The third-order valence-corrected chi connectivity index (χ3v) is 1.87. The largest absolute Gasteiger partial charge is 0.550 e. The molecule has 108 valence electrons. The lowest BCUT2D eigenvalue weighted by molar-refractivity contribution is -0.901. The third-order valence-electron chi connectivity index (χ3n) is 1.87. The molecule has 5 N–H and O–H groups in total. The average Bonchev–Trinajstić information content (AvgIpc) is 2.30. The zero-order valence-corrected chi connectivity index (χ0v) is 10.2. The number of carboxylic acid groups (broad SMARTS) is 1. The van der Waals surface area contributed by atoms with Crippen LogP contribution in [0.15, 0.2) is 12.3 Å². The van der Waals surface area contributed by atoms with Gasteiger partial charge in [0.05, 0.1) is 19.8 Å². The lowest BCUT2D eigenvalue weighted by Gasteiger charge is -2.15. The second-order valence-electron chi connectivity index (χ2n) is 3.35. The van der Waals surface area contributed by atoms with Gasteiger partial charge in [-0.15, -0.1) is 0 Å². The van der Waals surface area contributed by atoms with Crippen LogP contribution in [0.1, 0.15) is 6.42 Å². The van der Waals surface area contributed by atoms with Crippen LogP contribution in [0.5, 0.6) is 0 Å². The van der Waals surface area contributed by atoms with E-state index < -0.39 is 12.4 Å². The van der Waals surface area contributed by atoms with Gasteiger partial charge in [0, 0.05) is 12.4 Å². The molecule has 0 aromatic rings. The second-order valence-corrected chi connectivity index (χ2v) is 3.35. The highest BCUT2D eigenvalue weighted by Gasteiger charge is 2.03. The monoisotopic (exact) mass is 267 g/mol. The Morgan fingerprint density at radius 2 is 1.50 bits per heavy atom. The first-order chi connectivity index (χ1) is 8.51. The molecule has 0 amide bonds. The Labute approximate surface area is 105 Å². The molecule has 0 aliphatic rings. The highest BCUT2D eigenvalue weighted by atomic mass is 17.1. The van der Waals surface area contributed by atoms with Gasteiger partial charge in [0.1, 0.15) is 25.4 Å². The Balaban J connectivity index is 0. The molecule has 8 nitrogen and oxygen atoms in total. The Kier molecular flexibility index (Phi) is 14.8. The molecule has 0 bridgehead atoms. The van der Waals surface area contributed by atoms with Crippen LogP contribution in [0, 0.1) is 0 Å². The maximum Gasteiger partial charge on any atom is 0.140 e. The number of carboxylic acids is 1. The number of aliphatic hydroxyl groups is 3. The summed E-state index contributed by atoms with van der Waals surface area (Å²) in [4.78, 5) is 14.1. The molecule has 0 fully saturated rings. The lowest BCUT2D eigenvalue weighted by atomic mass is 10.4. The molecule has 0 saturated carbocycles. The number of hydrogen-bond acceptors (Lipinski definition) is 7. The maximum absolute atomic E-state index is 9.61. The van der Waals surface area contributed by atoms with Gasteiger partial charge in [-0.05, 0) is 0 Å². The minimum absolute atomic E-state index is 0.106. The van der Waals surface area contributed by atoms with Crippen molar-refractivity contribution in [3.63, 3.8) is 0 Å². The van der Waals surface area contributed by atoms with Gasteiger partial charge in [-0.1, -0.05) is 6.58 Å². The fraction of sp³-hybridized carbons (Fsp3) is 0.700. The van der Waals surface area contributed by atoms with Crippen molar-refractivity contribution >= 4 is 5.97 Å². The minimum Gasteiger partial charge on any atom is -0.550 e. The van der Waals surface area contributed by atoms with E-state index >= 15 is 0 Å². The van der Waals surface area contributed by atoms with Crippen LogP contribution < -0.4 is 10.0 Å². The molecule has 0 aromatic heterocycles. The van der Waals surface area contributed by atoms with E-state index in [1.54, 1.807) is 0 Å². The fourth-order valence-corrected chi connectivity index (χ4v) is 1.04. The molecule has 0 aliphatic carbocycles. The van der Waals surface area contributed by atoms with Gasteiger partial charge in [0.25, 0.3) is 0 Å². The maximum atomic E-state index is 9.61. The summed E-state index contributed by atoms with van der Waals surface area (Å²) < 4.78 is 0. The second kappa shape index (κ2) is 13.9. The van der Waals surface area contributed by atoms with E-state index in [1.807, 2.05) is 0 Å². The summed E-state index contributed by atoms with van der Waals surface area (Å²) in [5.74, 6) is -1.56. The van der Waals surface area contributed by atoms with Crippen molar-refractivity contribution < 1.29 is 40.3 Å². The molecule has 8 heteroatoms. The van der Waals surface area contributed by atoms with Gasteiger partial charge in [-0.3, -0.25) is 0 Å². The quantitative estimate of drug-likeness (QED) is 0.163. The Morgan fingerprint density at radius 1 is 1.11 bits per heavy atom. The number of carbonyl (C=O) groups excluding carboxylic acids is 1. The van der Waals surface area contributed by atoms with Crippen LogP contribution in [0.4, 0.5) is 0 Å². The van der Waals surface area contributed by atoms with Crippen molar-refractivity contribution in [1.82, 2.24) is 0 Å². The van der Waals surface area contributed by atoms with E-state index in [4.69, 9.17) is 20.6 Å². The van der Waals surface area contributed by atoms with Gasteiger partial charge < -0.3 is 35.0 Å². The molecule has 0 atom stereocenters. The number of rotatable bonds is 9. The van der Waals surface area contributed by atoms with Crippen molar-refractivity contribution in [3.8, 4) is 0 Å². The molecule has 0 saturated heterocycles. The van der Waals surface area contributed by atoms with Gasteiger partial charge in [-0.25, -0.2) is 5.26 Å². The fourth-order valence-electron chi connectivity index (χ4n) is 1.04. The summed E-state index contributed by atoms with van der Waals surface area (Å²) in [6.07, 6.45) is -0.476. The van der Waals surface area contributed by atoms with E-state index in [2.05, 4.69) is 11.5 Å². The van der Waals surface area contributed by atoms with E-state index in [9.17, 15) is 9.90 Å². The predicted molar refractivity (Wildman–Crippen MR) is 59.3 cm³/mol. The standard InChI is InChI=1S/C6H15NO3.C4H6O4/c8-4-1-7(2-5-9)3-6-10;1-3(8-7)2-4(5)6/h8-10H,1-6H2;7H,1-2H2,(H,5,6). The summed E-state index contributed by atoms with van der Waals surface area (Å²) in [6.45, 7) is 5.13. The van der Waals surface area contributed by atoms with Crippen LogP contribution in [-0.2, 0) is 9.68 Å². The van der Waals surface area contributed by atoms with E-state index in [0.29, 0.717) is 19.6 Å². The van der Waals surface area contributed by atoms with Crippen molar-refractivity contribution in [2.75, 3.05) is 39.5 Å². The SMILES string of the molecule is C=C(CC(=O)[O-])OO.OCC[NH+](CCO)CCO. The molecule has 0 unspecified atom stereocenters. The first-order valence-corrected chi connectivity index (χ1v) is 5.36. The zero-order chi connectivity index (χ0) is 14.4. The number of carbonyl (C=O) groups is 1. The summed E-state index contributed by atoms with van der Waals surface area (Å²) in [6, 6.07) is 0. The van der Waals surface area contributed by atoms with Gasteiger partial charge in [0.2, 0.25) is 0 Å². The highest BCUT2D eigenvalue weighted by Crippen LogP contribution is 1.93. The van der Waals surface area contributed by atoms with Gasteiger partial charge in [0.15, 0.2) is 0 Å². The van der Waals surface area contributed by atoms with Crippen LogP contribution >= 0.6 is 0 Å². The number of nitrogens with one attached hydrogen (secondary N) is 1. The number of aliphatic hydroxyl groups excluding tert-OH is 3.